The number of hydrogen-bond donors (Lipinski definition) is 1. The molecule has 16 heavy (non-hydrogen) atoms. The molecule has 1 aromatic rings. The van der Waals surface area contributed by atoms with Crippen molar-refractivity contribution >= 4 is 15.9 Å². The fourth-order valence-corrected chi connectivity index (χ4v) is 2.13. The Morgan fingerprint density at radius 2 is 2.19 bits per heavy atom. The molecule has 0 unspecified atom stereocenters. The van der Waals surface area contributed by atoms with E-state index in [0.717, 1.165) is 27.9 Å². The quantitative estimate of drug-likeness (QED) is 0.857. The van der Waals surface area contributed by atoms with E-state index in [9.17, 15) is 0 Å². The van der Waals surface area contributed by atoms with Crippen LogP contribution in [0, 0.1) is 18.8 Å². The SMILES string of the molecule is CC#CCOc1c(C)cc(Br)cc1CNC. The third-order valence-corrected chi connectivity index (χ3v) is 2.61. The number of halogens is 1. The van der Waals surface area contributed by atoms with Gasteiger partial charge in [-0.1, -0.05) is 21.9 Å². The summed E-state index contributed by atoms with van der Waals surface area (Å²) < 4.78 is 6.75. The molecule has 0 fully saturated rings. The van der Waals surface area contributed by atoms with Gasteiger partial charge >= 0.3 is 0 Å². The molecule has 1 rings (SSSR count). The van der Waals surface area contributed by atoms with Crippen molar-refractivity contribution in [2.45, 2.75) is 20.4 Å². The summed E-state index contributed by atoms with van der Waals surface area (Å²) in [6.07, 6.45) is 0. The van der Waals surface area contributed by atoms with E-state index in [0.29, 0.717) is 6.61 Å². The zero-order valence-electron chi connectivity index (χ0n) is 9.86. The summed E-state index contributed by atoms with van der Waals surface area (Å²) in [5.41, 5.74) is 2.27. The summed E-state index contributed by atoms with van der Waals surface area (Å²) in [6.45, 7) is 5.08. The standard InChI is InChI=1S/C13H16BrNO/c1-4-5-6-16-13-10(2)7-12(14)8-11(13)9-15-3/h7-8,15H,6,9H2,1-3H3. The van der Waals surface area contributed by atoms with E-state index in [1.54, 1.807) is 0 Å². The molecule has 0 radical (unpaired) electrons. The molecule has 1 aromatic carbocycles. The van der Waals surface area contributed by atoms with Gasteiger partial charge in [-0.3, -0.25) is 0 Å². The van der Waals surface area contributed by atoms with Crippen molar-refractivity contribution in [3.8, 4) is 17.6 Å². The topological polar surface area (TPSA) is 21.3 Å². The average Bonchev–Trinajstić information content (AvgIpc) is 2.22. The van der Waals surface area contributed by atoms with Crippen molar-refractivity contribution in [2.24, 2.45) is 0 Å². The predicted octanol–water partition coefficient (Wildman–Crippen LogP) is 2.88. The first kappa shape index (κ1) is 13.1. The molecule has 1 N–H and O–H groups in total. The monoisotopic (exact) mass is 281 g/mol. The molecule has 0 aliphatic heterocycles. The van der Waals surface area contributed by atoms with Crippen LogP contribution >= 0.6 is 15.9 Å². The van der Waals surface area contributed by atoms with Crippen molar-refractivity contribution in [2.75, 3.05) is 13.7 Å². The van der Waals surface area contributed by atoms with Crippen LogP contribution in [0.15, 0.2) is 16.6 Å². The van der Waals surface area contributed by atoms with Gasteiger partial charge in [-0.2, -0.15) is 0 Å². The second-order valence-electron chi connectivity index (χ2n) is 3.46. The van der Waals surface area contributed by atoms with Crippen LogP contribution in [0.1, 0.15) is 18.1 Å². The molecule has 0 aliphatic carbocycles. The lowest BCUT2D eigenvalue weighted by Crippen LogP contribution is -2.08. The Hall–Kier alpha value is -0.980. The van der Waals surface area contributed by atoms with E-state index >= 15 is 0 Å². The molecule has 0 amide bonds. The molecule has 0 saturated carbocycles. The summed E-state index contributed by atoms with van der Waals surface area (Å²) in [7, 11) is 1.92. The van der Waals surface area contributed by atoms with Crippen LogP contribution in [0.4, 0.5) is 0 Å². The van der Waals surface area contributed by atoms with Crippen molar-refractivity contribution in [1.82, 2.24) is 5.32 Å². The maximum atomic E-state index is 5.68. The number of hydrogen-bond acceptors (Lipinski definition) is 2. The smallest absolute Gasteiger partial charge is 0.149 e. The van der Waals surface area contributed by atoms with Gasteiger partial charge in [-0.15, -0.1) is 5.92 Å². The van der Waals surface area contributed by atoms with Gasteiger partial charge in [0.15, 0.2) is 0 Å². The Bertz CT molecular complexity index is 418. The van der Waals surface area contributed by atoms with Gasteiger partial charge in [-0.25, -0.2) is 0 Å². The van der Waals surface area contributed by atoms with Gasteiger partial charge in [0.2, 0.25) is 0 Å². The molecule has 0 heterocycles. The van der Waals surface area contributed by atoms with Crippen LogP contribution in [0.3, 0.4) is 0 Å². The summed E-state index contributed by atoms with van der Waals surface area (Å²) in [4.78, 5) is 0. The molecule has 2 nitrogen and oxygen atoms in total. The predicted molar refractivity (Wildman–Crippen MR) is 70.6 cm³/mol. The number of rotatable bonds is 4. The van der Waals surface area contributed by atoms with Gasteiger partial charge in [-0.05, 0) is 38.6 Å². The van der Waals surface area contributed by atoms with Crippen LogP contribution < -0.4 is 10.1 Å². The maximum Gasteiger partial charge on any atom is 0.149 e. The molecule has 0 atom stereocenters. The molecular formula is C13H16BrNO. The highest BCUT2D eigenvalue weighted by Crippen LogP contribution is 2.27. The largest absolute Gasteiger partial charge is 0.480 e. The molecular weight excluding hydrogens is 266 g/mol. The van der Waals surface area contributed by atoms with Gasteiger partial charge < -0.3 is 10.1 Å². The summed E-state index contributed by atoms with van der Waals surface area (Å²) in [6, 6.07) is 4.12. The third kappa shape index (κ3) is 3.55. The first-order valence-corrected chi connectivity index (χ1v) is 5.94. The number of aryl methyl sites for hydroxylation is 1. The van der Waals surface area contributed by atoms with E-state index in [1.807, 2.05) is 27.0 Å². The summed E-state index contributed by atoms with van der Waals surface area (Å²) in [5.74, 6) is 6.65. The van der Waals surface area contributed by atoms with E-state index in [1.165, 1.54) is 0 Å². The highest BCUT2D eigenvalue weighted by atomic mass is 79.9. The molecule has 0 bridgehead atoms. The van der Waals surface area contributed by atoms with Crippen molar-refractivity contribution in [1.29, 1.82) is 0 Å². The Kier molecular flexibility index (Phi) is 5.37. The number of benzene rings is 1. The van der Waals surface area contributed by atoms with Crippen molar-refractivity contribution in [3.63, 3.8) is 0 Å². The Labute approximate surface area is 106 Å². The first-order chi connectivity index (χ1) is 7.69. The molecule has 0 aliphatic rings. The lowest BCUT2D eigenvalue weighted by molar-refractivity contribution is 0.362. The fourth-order valence-electron chi connectivity index (χ4n) is 1.51. The van der Waals surface area contributed by atoms with Crippen LogP contribution in [-0.4, -0.2) is 13.7 Å². The highest BCUT2D eigenvalue weighted by Gasteiger charge is 2.07. The number of ether oxygens (including phenoxy) is 1. The van der Waals surface area contributed by atoms with E-state index < -0.39 is 0 Å². The van der Waals surface area contributed by atoms with Gasteiger partial charge in [0.25, 0.3) is 0 Å². The minimum absolute atomic E-state index is 0.440. The summed E-state index contributed by atoms with van der Waals surface area (Å²) in [5, 5.41) is 3.13. The van der Waals surface area contributed by atoms with E-state index in [2.05, 4.69) is 39.2 Å². The molecule has 0 aromatic heterocycles. The van der Waals surface area contributed by atoms with Crippen LogP contribution in [0.5, 0.6) is 5.75 Å². The Morgan fingerprint density at radius 1 is 1.44 bits per heavy atom. The lowest BCUT2D eigenvalue weighted by atomic mass is 10.1. The minimum atomic E-state index is 0.440. The highest BCUT2D eigenvalue weighted by molar-refractivity contribution is 9.10. The fraction of sp³-hybridized carbons (Fsp3) is 0.385. The van der Waals surface area contributed by atoms with E-state index in [-0.39, 0.29) is 0 Å². The summed E-state index contributed by atoms with van der Waals surface area (Å²) >= 11 is 3.49. The van der Waals surface area contributed by atoms with Crippen molar-refractivity contribution < 1.29 is 4.74 Å². The minimum Gasteiger partial charge on any atom is -0.480 e. The van der Waals surface area contributed by atoms with Gasteiger partial charge in [0.1, 0.15) is 12.4 Å². The Morgan fingerprint density at radius 3 is 2.81 bits per heavy atom. The zero-order chi connectivity index (χ0) is 12.0. The van der Waals surface area contributed by atoms with Crippen LogP contribution in [0.2, 0.25) is 0 Å². The van der Waals surface area contributed by atoms with Crippen LogP contribution in [-0.2, 0) is 6.54 Å². The zero-order valence-corrected chi connectivity index (χ0v) is 11.4. The lowest BCUT2D eigenvalue weighted by Gasteiger charge is -2.13. The second-order valence-corrected chi connectivity index (χ2v) is 4.37. The van der Waals surface area contributed by atoms with E-state index in [4.69, 9.17) is 4.74 Å². The van der Waals surface area contributed by atoms with Gasteiger partial charge in [0.05, 0.1) is 0 Å². The number of nitrogens with one attached hydrogen (secondary N) is 1. The van der Waals surface area contributed by atoms with Crippen LogP contribution in [0.25, 0.3) is 0 Å². The normalized spacial score (nSPS) is 9.50. The maximum absolute atomic E-state index is 5.68. The first-order valence-electron chi connectivity index (χ1n) is 5.15. The Balaban J connectivity index is 2.96. The average molecular weight is 282 g/mol. The second kappa shape index (κ2) is 6.57. The molecule has 3 heteroatoms. The molecule has 86 valence electrons. The van der Waals surface area contributed by atoms with Crippen molar-refractivity contribution in [3.05, 3.63) is 27.7 Å². The molecule has 0 saturated heterocycles. The van der Waals surface area contributed by atoms with Gasteiger partial charge in [0, 0.05) is 16.6 Å². The molecule has 0 spiro atoms. The third-order valence-electron chi connectivity index (χ3n) is 2.15.